The molecule has 1 aliphatic rings. The van der Waals surface area contributed by atoms with Gasteiger partial charge in [-0.1, -0.05) is 36.4 Å². The predicted octanol–water partition coefficient (Wildman–Crippen LogP) is 5.03. The van der Waals surface area contributed by atoms with Crippen molar-refractivity contribution in [2.45, 2.75) is 18.9 Å². The second-order valence-electron chi connectivity index (χ2n) is 9.00. The van der Waals surface area contributed by atoms with Crippen LogP contribution in [0, 0.1) is 11.8 Å². The van der Waals surface area contributed by atoms with Crippen molar-refractivity contribution in [3.05, 3.63) is 82.9 Å². The molecule has 7 heteroatoms. The Morgan fingerprint density at radius 3 is 2.08 bits per heavy atom. The SMILES string of the molecule is COC(=O)[C@H]1Cc2cc(OC)c(OC)cc2[C@H](c2ccc(OC)c(OC)c2)[C@H]1COCc1ccccc1. The smallest absolute Gasteiger partial charge is 0.309 e. The van der Waals surface area contributed by atoms with Gasteiger partial charge in [-0.3, -0.25) is 4.79 Å². The van der Waals surface area contributed by atoms with Gasteiger partial charge in [0.05, 0.1) is 54.7 Å². The van der Waals surface area contributed by atoms with Crippen LogP contribution in [-0.4, -0.2) is 48.1 Å². The van der Waals surface area contributed by atoms with Crippen LogP contribution in [0.2, 0.25) is 0 Å². The predicted molar refractivity (Wildman–Crippen MR) is 140 cm³/mol. The van der Waals surface area contributed by atoms with Crippen molar-refractivity contribution in [1.82, 2.24) is 0 Å². The van der Waals surface area contributed by atoms with Gasteiger partial charge < -0.3 is 28.4 Å². The molecule has 1 aliphatic carbocycles. The molecule has 196 valence electrons. The van der Waals surface area contributed by atoms with E-state index >= 15 is 0 Å². The number of carbonyl (C=O) groups excluding carboxylic acids is 1. The summed E-state index contributed by atoms with van der Waals surface area (Å²) in [5, 5.41) is 0. The summed E-state index contributed by atoms with van der Waals surface area (Å²) < 4.78 is 33.8. The second kappa shape index (κ2) is 12.0. The highest BCUT2D eigenvalue weighted by atomic mass is 16.5. The summed E-state index contributed by atoms with van der Waals surface area (Å²) in [6.07, 6.45) is 0.505. The zero-order valence-electron chi connectivity index (χ0n) is 22.0. The fourth-order valence-corrected chi connectivity index (χ4v) is 5.24. The summed E-state index contributed by atoms with van der Waals surface area (Å²) in [6, 6.07) is 19.8. The van der Waals surface area contributed by atoms with E-state index < -0.39 is 5.92 Å². The lowest BCUT2D eigenvalue weighted by atomic mass is 9.66. The van der Waals surface area contributed by atoms with Crippen molar-refractivity contribution in [2.24, 2.45) is 11.8 Å². The number of carbonyl (C=O) groups is 1. The van der Waals surface area contributed by atoms with Gasteiger partial charge in [0, 0.05) is 11.8 Å². The van der Waals surface area contributed by atoms with Gasteiger partial charge in [-0.15, -0.1) is 0 Å². The normalized spacial score (nSPS) is 18.5. The number of esters is 1. The number of hydrogen-bond acceptors (Lipinski definition) is 7. The Hall–Kier alpha value is -3.71. The Morgan fingerprint density at radius 2 is 1.43 bits per heavy atom. The second-order valence-corrected chi connectivity index (χ2v) is 9.00. The molecule has 7 nitrogen and oxygen atoms in total. The third-order valence-electron chi connectivity index (χ3n) is 7.06. The lowest BCUT2D eigenvalue weighted by Gasteiger charge is -2.39. The first-order chi connectivity index (χ1) is 18.0. The molecule has 3 aromatic carbocycles. The third kappa shape index (κ3) is 5.52. The fourth-order valence-electron chi connectivity index (χ4n) is 5.24. The van der Waals surface area contributed by atoms with Crippen molar-refractivity contribution >= 4 is 5.97 Å². The van der Waals surface area contributed by atoms with Gasteiger partial charge in [0.15, 0.2) is 23.0 Å². The minimum Gasteiger partial charge on any atom is -0.493 e. The van der Waals surface area contributed by atoms with Gasteiger partial charge in [-0.2, -0.15) is 0 Å². The van der Waals surface area contributed by atoms with Crippen LogP contribution in [0.5, 0.6) is 23.0 Å². The van der Waals surface area contributed by atoms with Crippen molar-refractivity contribution in [3.8, 4) is 23.0 Å². The van der Waals surface area contributed by atoms with E-state index in [0.29, 0.717) is 42.6 Å². The summed E-state index contributed by atoms with van der Waals surface area (Å²) in [4.78, 5) is 13.1. The van der Waals surface area contributed by atoms with E-state index in [0.717, 1.165) is 22.3 Å². The van der Waals surface area contributed by atoms with E-state index in [-0.39, 0.29) is 17.8 Å². The molecule has 3 atom stereocenters. The van der Waals surface area contributed by atoms with Crippen LogP contribution in [0.15, 0.2) is 60.7 Å². The van der Waals surface area contributed by atoms with Gasteiger partial charge in [-0.05, 0) is 52.9 Å². The Bertz CT molecular complexity index is 1210. The Kier molecular flexibility index (Phi) is 8.56. The number of benzene rings is 3. The van der Waals surface area contributed by atoms with E-state index in [1.54, 1.807) is 28.4 Å². The Labute approximate surface area is 218 Å². The molecule has 0 aliphatic heterocycles. The van der Waals surface area contributed by atoms with Gasteiger partial charge in [0.25, 0.3) is 0 Å². The maximum absolute atomic E-state index is 13.1. The third-order valence-corrected chi connectivity index (χ3v) is 7.06. The van der Waals surface area contributed by atoms with Crippen molar-refractivity contribution in [1.29, 1.82) is 0 Å². The van der Waals surface area contributed by atoms with Crippen LogP contribution < -0.4 is 18.9 Å². The molecule has 0 fully saturated rings. The van der Waals surface area contributed by atoms with E-state index in [1.165, 1.54) is 7.11 Å². The van der Waals surface area contributed by atoms with E-state index in [2.05, 4.69) is 0 Å². The molecule has 0 unspecified atom stereocenters. The van der Waals surface area contributed by atoms with E-state index in [1.807, 2.05) is 60.7 Å². The minimum absolute atomic E-state index is 0.191. The average molecular weight is 507 g/mol. The molecule has 0 amide bonds. The first kappa shape index (κ1) is 26.4. The molecule has 37 heavy (non-hydrogen) atoms. The summed E-state index contributed by atoms with van der Waals surface area (Å²) in [5.74, 6) is 1.44. The molecule has 0 saturated carbocycles. The first-order valence-electron chi connectivity index (χ1n) is 12.2. The molecule has 4 rings (SSSR count). The first-order valence-corrected chi connectivity index (χ1v) is 12.2. The topological polar surface area (TPSA) is 72.5 Å². The number of rotatable bonds is 10. The minimum atomic E-state index is -0.413. The monoisotopic (exact) mass is 506 g/mol. The molecular weight excluding hydrogens is 472 g/mol. The maximum atomic E-state index is 13.1. The van der Waals surface area contributed by atoms with Crippen LogP contribution in [0.4, 0.5) is 0 Å². The zero-order valence-corrected chi connectivity index (χ0v) is 22.0. The van der Waals surface area contributed by atoms with Crippen LogP contribution >= 0.6 is 0 Å². The Morgan fingerprint density at radius 1 is 0.784 bits per heavy atom. The summed E-state index contributed by atoms with van der Waals surface area (Å²) in [7, 11) is 7.88. The number of hydrogen-bond donors (Lipinski definition) is 0. The van der Waals surface area contributed by atoms with Crippen LogP contribution in [0.3, 0.4) is 0 Å². The maximum Gasteiger partial charge on any atom is 0.309 e. The largest absolute Gasteiger partial charge is 0.493 e. The highest BCUT2D eigenvalue weighted by Crippen LogP contribution is 2.48. The van der Waals surface area contributed by atoms with Crippen LogP contribution in [0.1, 0.15) is 28.2 Å². The molecule has 0 N–H and O–H groups in total. The molecule has 0 bridgehead atoms. The van der Waals surface area contributed by atoms with E-state index in [4.69, 9.17) is 28.4 Å². The summed E-state index contributed by atoms with van der Waals surface area (Å²) in [6.45, 7) is 0.810. The molecule has 0 spiro atoms. The number of methoxy groups -OCH3 is 5. The standard InChI is InChI=1S/C30H34O7/c1-32-25-12-11-20(14-26(25)33-2)29-22-16-28(35-4)27(34-3)15-21(22)13-23(30(31)36-5)24(29)18-37-17-19-9-7-6-8-10-19/h6-12,14-16,23-24,29H,13,17-18H2,1-5H3/t23-,24-,29-/m0/s1. The van der Waals surface area contributed by atoms with Crippen LogP contribution in [-0.2, 0) is 27.3 Å². The van der Waals surface area contributed by atoms with Crippen molar-refractivity contribution in [2.75, 3.05) is 42.2 Å². The zero-order chi connectivity index (χ0) is 26.4. The van der Waals surface area contributed by atoms with Gasteiger partial charge in [-0.25, -0.2) is 0 Å². The van der Waals surface area contributed by atoms with Gasteiger partial charge in [0.1, 0.15) is 0 Å². The number of fused-ring (bicyclic) bond motifs is 1. The molecule has 0 aromatic heterocycles. The van der Waals surface area contributed by atoms with Crippen LogP contribution in [0.25, 0.3) is 0 Å². The lowest BCUT2D eigenvalue weighted by molar-refractivity contribution is -0.149. The molecule has 3 aromatic rings. The average Bonchev–Trinajstić information content (AvgIpc) is 2.95. The van der Waals surface area contributed by atoms with Crippen molar-refractivity contribution in [3.63, 3.8) is 0 Å². The summed E-state index contributed by atoms with van der Waals surface area (Å²) >= 11 is 0. The Balaban J connectivity index is 1.82. The van der Waals surface area contributed by atoms with Gasteiger partial charge in [0.2, 0.25) is 0 Å². The fraction of sp³-hybridized carbons (Fsp3) is 0.367. The van der Waals surface area contributed by atoms with E-state index in [9.17, 15) is 4.79 Å². The number of ether oxygens (including phenoxy) is 6. The molecule has 0 heterocycles. The highest BCUT2D eigenvalue weighted by Gasteiger charge is 2.43. The summed E-state index contributed by atoms with van der Waals surface area (Å²) in [5.41, 5.74) is 4.11. The van der Waals surface area contributed by atoms with Gasteiger partial charge >= 0.3 is 5.97 Å². The highest BCUT2D eigenvalue weighted by molar-refractivity contribution is 5.74. The lowest BCUT2D eigenvalue weighted by Crippen LogP contribution is -2.38. The quantitative estimate of drug-likeness (QED) is 0.357. The molecule has 0 saturated heterocycles. The molecule has 0 radical (unpaired) electrons. The molecular formula is C30H34O7. The van der Waals surface area contributed by atoms with Crippen molar-refractivity contribution < 1.29 is 33.2 Å².